The molecule has 10 heteroatoms. The summed E-state index contributed by atoms with van der Waals surface area (Å²) in [6.07, 6.45) is -0.339. The molecule has 0 radical (unpaired) electrons. The van der Waals surface area contributed by atoms with Gasteiger partial charge in [-0.05, 0) is 42.2 Å². The summed E-state index contributed by atoms with van der Waals surface area (Å²) in [4.78, 5) is 18.8. The molecule has 164 valence electrons. The Labute approximate surface area is 183 Å². The molecular weight excluding hydrogens is 416 g/mol. The number of amides is 1. The number of alkyl halides is 2. The highest BCUT2D eigenvalue weighted by molar-refractivity contribution is 5.95. The van der Waals surface area contributed by atoms with Crippen molar-refractivity contribution in [1.82, 2.24) is 25.2 Å². The maximum absolute atomic E-state index is 14.0. The van der Waals surface area contributed by atoms with Crippen molar-refractivity contribution in [3.8, 4) is 17.5 Å². The van der Waals surface area contributed by atoms with Crippen LogP contribution in [0.1, 0.15) is 42.0 Å². The number of halogens is 2. The predicted molar refractivity (Wildman–Crippen MR) is 112 cm³/mol. The first-order valence-electron chi connectivity index (χ1n) is 10.2. The van der Waals surface area contributed by atoms with Crippen molar-refractivity contribution in [2.24, 2.45) is 13.0 Å². The number of nitriles is 1. The lowest BCUT2D eigenvalue weighted by molar-refractivity contribution is -0.118. The third kappa shape index (κ3) is 4.46. The number of hydrogen-bond acceptors (Lipinski definition) is 6. The van der Waals surface area contributed by atoms with Gasteiger partial charge in [0, 0.05) is 18.4 Å². The summed E-state index contributed by atoms with van der Waals surface area (Å²) in [7, 11) is 1.66. The van der Waals surface area contributed by atoms with Gasteiger partial charge in [0.05, 0.1) is 24.2 Å². The van der Waals surface area contributed by atoms with E-state index in [-0.39, 0.29) is 25.1 Å². The molecule has 0 saturated heterocycles. The number of rotatable bonds is 5. The maximum atomic E-state index is 14.0. The van der Waals surface area contributed by atoms with Crippen molar-refractivity contribution < 1.29 is 13.6 Å². The van der Waals surface area contributed by atoms with Gasteiger partial charge in [0.1, 0.15) is 11.9 Å². The minimum atomic E-state index is -2.78. The van der Waals surface area contributed by atoms with Gasteiger partial charge in [-0.2, -0.15) is 10.1 Å². The van der Waals surface area contributed by atoms with Crippen LogP contribution >= 0.6 is 0 Å². The Bertz CT molecular complexity index is 1180. The molecule has 8 nitrogen and oxygen atoms in total. The molecule has 3 aromatic rings. The number of carbonyl (C=O) groups excluding carboxylic acids is 1. The van der Waals surface area contributed by atoms with Crippen molar-refractivity contribution in [2.75, 3.05) is 5.32 Å². The molecule has 4 rings (SSSR count). The van der Waals surface area contributed by atoms with E-state index < -0.39 is 23.7 Å². The second-order valence-electron chi connectivity index (χ2n) is 7.99. The van der Waals surface area contributed by atoms with Gasteiger partial charge >= 0.3 is 0 Å². The predicted octanol–water partition coefficient (Wildman–Crippen LogP) is 3.61. The second kappa shape index (κ2) is 8.42. The highest BCUT2D eigenvalue weighted by Gasteiger charge is 2.45. The SMILES string of the molecule is Cc1nc(NC(=O)C(c2ccc(-c3nnn(C)n3)cc2)C2CCC(F)(F)C2)ccc1C#N. The number of nitrogens with zero attached hydrogens (tertiary/aromatic N) is 6. The fraction of sp³-hybridized carbons (Fsp3) is 0.364. The van der Waals surface area contributed by atoms with E-state index in [2.05, 4.69) is 25.7 Å². The average Bonchev–Trinajstić information content (AvgIpc) is 3.34. The third-order valence-corrected chi connectivity index (χ3v) is 5.69. The van der Waals surface area contributed by atoms with Crippen LogP contribution in [0.4, 0.5) is 14.6 Å². The van der Waals surface area contributed by atoms with Gasteiger partial charge in [-0.25, -0.2) is 13.8 Å². The van der Waals surface area contributed by atoms with Crippen LogP contribution in [-0.4, -0.2) is 37.0 Å². The minimum absolute atomic E-state index is 0.239. The van der Waals surface area contributed by atoms with Gasteiger partial charge in [0.2, 0.25) is 17.7 Å². The zero-order valence-corrected chi connectivity index (χ0v) is 17.6. The normalized spacial score (nSPS) is 18.2. The molecule has 2 atom stereocenters. The molecule has 0 bridgehead atoms. The summed E-state index contributed by atoms with van der Waals surface area (Å²) in [6.45, 7) is 1.67. The summed E-state index contributed by atoms with van der Waals surface area (Å²) >= 11 is 0. The van der Waals surface area contributed by atoms with E-state index >= 15 is 0 Å². The van der Waals surface area contributed by atoms with Crippen molar-refractivity contribution >= 4 is 11.7 Å². The highest BCUT2D eigenvalue weighted by Crippen LogP contribution is 2.46. The Morgan fingerprint density at radius 1 is 1.28 bits per heavy atom. The van der Waals surface area contributed by atoms with E-state index in [1.54, 1.807) is 44.3 Å². The first-order chi connectivity index (χ1) is 15.3. The third-order valence-electron chi connectivity index (χ3n) is 5.69. The van der Waals surface area contributed by atoms with Crippen molar-refractivity contribution in [3.05, 3.63) is 53.2 Å². The van der Waals surface area contributed by atoms with Crippen molar-refractivity contribution in [3.63, 3.8) is 0 Å². The van der Waals surface area contributed by atoms with Crippen LogP contribution in [0.5, 0.6) is 0 Å². The highest BCUT2D eigenvalue weighted by atomic mass is 19.3. The van der Waals surface area contributed by atoms with Crippen LogP contribution in [-0.2, 0) is 11.8 Å². The zero-order valence-electron chi connectivity index (χ0n) is 17.6. The number of aromatic nitrogens is 5. The monoisotopic (exact) mass is 437 g/mol. The van der Waals surface area contributed by atoms with Gasteiger partial charge in [-0.3, -0.25) is 4.79 Å². The lowest BCUT2D eigenvalue weighted by Gasteiger charge is -2.23. The molecule has 32 heavy (non-hydrogen) atoms. The molecule has 1 fully saturated rings. The number of hydrogen-bond donors (Lipinski definition) is 1. The van der Waals surface area contributed by atoms with Crippen LogP contribution in [0.3, 0.4) is 0 Å². The van der Waals surface area contributed by atoms with Crippen molar-refractivity contribution in [1.29, 1.82) is 5.26 Å². The Morgan fingerprint density at radius 3 is 2.59 bits per heavy atom. The van der Waals surface area contributed by atoms with Crippen LogP contribution in [0.15, 0.2) is 36.4 Å². The number of carbonyl (C=O) groups is 1. The van der Waals surface area contributed by atoms with Crippen LogP contribution in [0.25, 0.3) is 11.4 Å². The van der Waals surface area contributed by atoms with Crippen LogP contribution < -0.4 is 5.32 Å². The van der Waals surface area contributed by atoms with Gasteiger partial charge in [-0.15, -0.1) is 10.2 Å². The van der Waals surface area contributed by atoms with Crippen LogP contribution in [0, 0.1) is 24.2 Å². The van der Waals surface area contributed by atoms with Gasteiger partial charge in [0.25, 0.3) is 0 Å². The first kappa shape index (κ1) is 21.5. The smallest absolute Gasteiger partial charge is 0.248 e. The largest absolute Gasteiger partial charge is 0.310 e. The summed E-state index contributed by atoms with van der Waals surface area (Å²) < 4.78 is 28.0. The number of nitrogens with one attached hydrogen (secondary N) is 1. The number of aryl methyl sites for hydroxylation is 2. The lowest BCUT2D eigenvalue weighted by atomic mass is 9.83. The van der Waals surface area contributed by atoms with Crippen molar-refractivity contribution in [2.45, 2.75) is 38.0 Å². The zero-order chi connectivity index (χ0) is 22.9. The Balaban J connectivity index is 1.62. The summed E-state index contributed by atoms with van der Waals surface area (Å²) in [5.74, 6) is -3.76. The van der Waals surface area contributed by atoms with E-state index in [0.717, 1.165) is 0 Å². The molecule has 2 heterocycles. The Morgan fingerprint density at radius 2 is 2.03 bits per heavy atom. The minimum Gasteiger partial charge on any atom is -0.310 e. The molecule has 1 aliphatic carbocycles. The second-order valence-corrected chi connectivity index (χ2v) is 7.99. The fourth-order valence-corrected chi connectivity index (χ4v) is 4.10. The molecule has 0 spiro atoms. The number of tetrazole rings is 1. The molecule has 0 aliphatic heterocycles. The van der Waals surface area contributed by atoms with E-state index in [9.17, 15) is 13.6 Å². The maximum Gasteiger partial charge on any atom is 0.248 e. The number of pyridine rings is 1. The molecule has 1 aromatic carbocycles. The molecule has 1 aliphatic rings. The van der Waals surface area contributed by atoms with E-state index in [4.69, 9.17) is 5.26 Å². The fourth-order valence-electron chi connectivity index (χ4n) is 4.10. The topological polar surface area (TPSA) is 109 Å². The molecule has 2 unspecified atom stereocenters. The van der Waals surface area contributed by atoms with Gasteiger partial charge in [-0.1, -0.05) is 24.3 Å². The lowest BCUT2D eigenvalue weighted by Crippen LogP contribution is -2.28. The summed E-state index contributed by atoms with van der Waals surface area (Å²) in [5, 5.41) is 23.7. The molecule has 1 saturated carbocycles. The Hall–Kier alpha value is -3.74. The number of anilines is 1. The van der Waals surface area contributed by atoms with E-state index in [1.165, 1.54) is 10.9 Å². The van der Waals surface area contributed by atoms with Gasteiger partial charge < -0.3 is 5.32 Å². The molecule has 1 amide bonds. The van der Waals surface area contributed by atoms with Gasteiger partial charge in [0.15, 0.2) is 0 Å². The Kier molecular flexibility index (Phi) is 5.65. The van der Waals surface area contributed by atoms with Crippen LogP contribution in [0.2, 0.25) is 0 Å². The number of benzene rings is 1. The summed E-state index contributed by atoms with van der Waals surface area (Å²) in [5.41, 5.74) is 2.23. The quantitative estimate of drug-likeness (QED) is 0.653. The van der Waals surface area contributed by atoms with E-state index in [1.807, 2.05) is 6.07 Å². The average molecular weight is 437 g/mol. The van der Waals surface area contributed by atoms with E-state index in [0.29, 0.717) is 28.2 Å². The first-order valence-corrected chi connectivity index (χ1v) is 10.2. The molecular formula is C22H21F2N7O. The molecule has 1 N–H and O–H groups in total. The summed E-state index contributed by atoms with van der Waals surface area (Å²) in [6, 6.07) is 12.1. The standard InChI is InChI=1S/C22H21F2N7O/c1-13-17(12-25)7-8-18(26-13)27-21(32)19(16-9-10-22(23,24)11-16)14-3-5-15(6-4-14)20-28-30-31(2)29-20/h3-8,16,19H,9-11H2,1-2H3,(H,26,27,32). The molecule has 2 aromatic heterocycles.